The average molecular weight is 322 g/mol. The van der Waals surface area contributed by atoms with Crippen molar-refractivity contribution in [2.24, 2.45) is 0 Å². The number of hydrogen-bond acceptors (Lipinski definition) is 1. The minimum atomic E-state index is 0.179. The molecule has 0 aromatic heterocycles. The summed E-state index contributed by atoms with van der Waals surface area (Å²) in [6, 6.07) is 14.7. The molecule has 0 bridgehead atoms. The normalized spacial score (nSPS) is 12.4. The summed E-state index contributed by atoms with van der Waals surface area (Å²) in [4.78, 5) is 0. The van der Waals surface area contributed by atoms with E-state index in [0.717, 1.165) is 24.9 Å². The van der Waals surface area contributed by atoms with Crippen molar-refractivity contribution < 1.29 is 0 Å². The van der Waals surface area contributed by atoms with Crippen molar-refractivity contribution in [1.82, 2.24) is 5.32 Å². The van der Waals surface area contributed by atoms with Gasteiger partial charge in [0.05, 0.1) is 10.0 Å². The van der Waals surface area contributed by atoms with Gasteiger partial charge in [0.2, 0.25) is 0 Å². The topological polar surface area (TPSA) is 12.0 Å². The lowest BCUT2D eigenvalue weighted by Gasteiger charge is -2.21. The molecule has 2 aromatic carbocycles. The number of nitrogens with one attached hydrogen (secondary N) is 1. The van der Waals surface area contributed by atoms with E-state index >= 15 is 0 Å². The number of benzene rings is 2. The van der Waals surface area contributed by atoms with Crippen LogP contribution in [-0.4, -0.2) is 6.54 Å². The SMILES string of the molecule is CCCNC(Cc1ccc(C)cc1)c1cccc(Cl)c1Cl. The summed E-state index contributed by atoms with van der Waals surface area (Å²) in [5.74, 6) is 0. The Hall–Kier alpha value is -1.02. The molecule has 1 nitrogen and oxygen atoms in total. The predicted molar refractivity (Wildman–Crippen MR) is 92.4 cm³/mol. The van der Waals surface area contributed by atoms with Gasteiger partial charge in [0.15, 0.2) is 0 Å². The van der Waals surface area contributed by atoms with Crippen molar-refractivity contribution in [3.8, 4) is 0 Å². The second-order valence-electron chi connectivity index (χ2n) is 5.34. The first-order chi connectivity index (χ1) is 10.1. The highest BCUT2D eigenvalue weighted by molar-refractivity contribution is 6.42. The lowest BCUT2D eigenvalue weighted by atomic mass is 9.98. The molecule has 1 N–H and O–H groups in total. The van der Waals surface area contributed by atoms with Crippen molar-refractivity contribution in [3.63, 3.8) is 0 Å². The fraction of sp³-hybridized carbons (Fsp3) is 0.333. The van der Waals surface area contributed by atoms with E-state index in [-0.39, 0.29) is 6.04 Å². The average Bonchev–Trinajstić information content (AvgIpc) is 2.48. The van der Waals surface area contributed by atoms with Crippen LogP contribution in [0.2, 0.25) is 10.0 Å². The van der Waals surface area contributed by atoms with Crippen LogP contribution >= 0.6 is 23.2 Å². The zero-order valence-electron chi connectivity index (χ0n) is 12.5. The van der Waals surface area contributed by atoms with E-state index in [4.69, 9.17) is 23.2 Å². The number of halogens is 2. The Morgan fingerprint density at radius 2 is 1.76 bits per heavy atom. The summed E-state index contributed by atoms with van der Waals surface area (Å²) in [6.45, 7) is 5.22. The second kappa shape index (κ2) is 7.84. The van der Waals surface area contributed by atoms with E-state index < -0.39 is 0 Å². The highest BCUT2D eigenvalue weighted by Gasteiger charge is 2.16. The smallest absolute Gasteiger partial charge is 0.0640 e. The third kappa shape index (κ3) is 4.47. The van der Waals surface area contributed by atoms with Crippen LogP contribution in [-0.2, 0) is 6.42 Å². The minimum Gasteiger partial charge on any atom is -0.310 e. The molecule has 0 aliphatic carbocycles. The Bertz CT molecular complexity index is 578. The van der Waals surface area contributed by atoms with Crippen LogP contribution in [0.1, 0.15) is 36.1 Å². The lowest BCUT2D eigenvalue weighted by Crippen LogP contribution is -2.24. The second-order valence-corrected chi connectivity index (χ2v) is 6.12. The van der Waals surface area contributed by atoms with Gasteiger partial charge in [-0.25, -0.2) is 0 Å². The van der Waals surface area contributed by atoms with E-state index in [2.05, 4.69) is 49.5 Å². The van der Waals surface area contributed by atoms with E-state index in [1.54, 1.807) is 0 Å². The molecule has 0 aliphatic rings. The molecule has 0 saturated heterocycles. The van der Waals surface area contributed by atoms with Gasteiger partial charge >= 0.3 is 0 Å². The van der Waals surface area contributed by atoms with Crippen LogP contribution in [0, 0.1) is 6.92 Å². The maximum absolute atomic E-state index is 6.39. The quantitative estimate of drug-likeness (QED) is 0.731. The molecule has 0 fully saturated rings. The van der Waals surface area contributed by atoms with Gasteiger partial charge in [0.25, 0.3) is 0 Å². The van der Waals surface area contributed by atoms with Gasteiger partial charge in [-0.15, -0.1) is 0 Å². The van der Waals surface area contributed by atoms with Crippen molar-refractivity contribution in [2.45, 2.75) is 32.7 Å². The van der Waals surface area contributed by atoms with Crippen LogP contribution in [0.3, 0.4) is 0 Å². The molecule has 2 aromatic rings. The highest BCUT2D eigenvalue weighted by Crippen LogP contribution is 2.31. The van der Waals surface area contributed by atoms with Crippen LogP contribution in [0.15, 0.2) is 42.5 Å². The molecular weight excluding hydrogens is 301 g/mol. The zero-order chi connectivity index (χ0) is 15.2. The molecule has 0 radical (unpaired) electrons. The van der Waals surface area contributed by atoms with E-state index in [1.165, 1.54) is 11.1 Å². The first kappa shape index (κ1) is 16.4. The molecule has 1 unspecified atom stereocenters. The first-order valence-electron chi connectivity index (χ1n) is 7.34. The van der Waals surface area contributed by atoms with Gasteiger partial charge in [-0.1, -0.05) is 72.1 Å². The van der Waals surface area contributed by atoms with Crippen molar-refractivity contribution in [3.05, 3.63) is 69.2 Å². The fourth-order valence-corrected chi connectivity index (χ4v) is 2.80. The third-order valence-corrected chi connectivity index (χ3v) is 4.39. The van der Waals surface area contributed by atoms with Crippen LogP contribution < -0.4 is 5.32 Å². The molecule has 0 aliphatic heterocycles. The molecule has 2 rings (SSSR count). The number of aryl methyl sites for hydroxylation is 1. The van der Waals surface area contributed by atoms with Gasteiger partial charge in [-0.05, 0) is 43.5 Å². The van der Waals surface area contributed by atoms with Gasteiger partial charge in [0, 0.05) is 6.04 Å². The molecule has 0 spiro atoms. The maximum Gasteiger partial charge on any atom is 0.0640 e. The van der Waals surface area contributed by atoms with E-state index in [0.29, 0.717) is 10.0 Å². The van der Waals surface area contributed by atoms with Gasteiger partial charge in [-0.2, -0.15) is 0 Å². The summed E-state index contributed by atoms with van der Waals surface area (Å²) in [5.41, 5.74) is 3.64. The molecule has 3 heteroatoms. The summed E-state index contributed by atoms with van der Waals surface area (Å²) in [5, 5.41) is 4.84. The largest absolute Gasteiger partial charge is 0.310 e. The van der Waals surface area contributed by atoms with Crippen molar-refractivity contribution in [1.29, 1.82) is 0 Å². The lowest BCUT2D eigenvalue weighted by molar-refractivity contribution is 0.529. The number of hydrogen-bond donors (Lipinski definition) is 1. The van der Waals surface area contributed by atoms with Gasteiger partial charge in [-0.3, -0.25) is 0 Å². The predicted octanol–water partition coefficient (Wildman–Crippen LogP) is 5.59. The monoisotopic (exact) mass is 321 g/mol. The van der Waals surface area contributed by atoms with Gasteiger partial charge in [0.1, 0.15) is 0 Å². The molecule has 1 atom stereocenters. The van der Waals surface area contributed by atoms with Crippen LogP contribution in [0.5, 0.6) is 0 Å². The van der Waals surface area contributed by atoms with E-state index in [1.807, 2.05) is 12.1 Å². The maximum atomic E-state index is 6.39. The molecule has 0 amide bonds. The van der Waals surface area contributed by atoms with Crippen molar-refractivity contribution >= 4 is 23.2 Å². The van der Waals surface area contributed by atoms with Crippen molar-refractivity contribution in [2.75, 3.05) is 6.54 Å². The minimum absolute atomic E-state index is 0.179. The van der Waals surface area contributed by atoms with E-state index in [9.17, 15) is 0 Å². The van der Waals surface area contributed by atoms with Crippen LogP contribution in [0.4, 0.5) is 0 Å². The Morgan fingerprint density at radius 1 is 1.05 bits per heavy atom. The van der Waals surface area contributed by atoms with Gasteiger partial charge < -0.3 is 5.32 Å². The number of rotatable bonds is 6. The standard InChI is InChI=1S/C18H21Cl2N/c1-3-11-21-17(12-14-9-7-13(2)8-10-14)15-5-4-6-16(19)18(15)20/h4-10,17,21H,3,11-12H2,1-2H3. The molecule has 21 heavy (non-hydrogen) atoms. The van der Waals surface area contributed by atoms with Crippen LogP contribution in [0.25, 0.3) is 0 Å². The fourth-order valence-electron chi connectivity index (χ4n) is 2.36. The Balaban J connectivity index is 2.25. The first-order valence-corrected chi connectivity index (χ1v) is 8.10. The Labute approximate surface area is 137 Å². The highest BCUT2D eigenvalue weighted by atomic mass is 35.5. The summed E-state index contributed by atoms with van der Waals surface area (Å²) in [7, 11) is 0. The Kier molecular flexibility index (Phi) is 6.10. The summed E-state index contributed by atoms with van der Waals surface area (Å²) >= 11 is 12.5. The molecule has 112 valence electrons. The molecule has 0 saturated carbocycles. The summed E-state index contributed by atoms with van der Waals surface area (Å²) < 4.78 is 0. The summed E-state index contributed by atoms with van der Waals surface area (Å²) in [6.07, 6.45) is 1.99. The third-order valence-electron chi connectivity index (χ3n) is 3.56. The molecular formula is C18H21Cl2N. The molecule has 0 heterocycles. The zero-order valence-corrected chi connectivity index (χ0v) is 14.0. The Morgan fingerprint density at radius 3 is 2.43 bits per heavy atom.